The summed E-state index contributed by atoms with van der Waals surface area (Å²) >= 11 is 7.37. The van der Waals surface area contributed by atoms with Crippen LogP contribution in [0.5, 0.6) is 0 Å². The van der Waals surface area contributed by atoms with Crippen LogP contribution in [0.2, 0.25) is 5.02 Å². The van der Waals surface area contributed by atoms with Crippen molar-refractivity contribution in [3.05, 3.63) is 33.6 Å². The van der Waals surface area contributed by atoms with Crippen LogP contribution in [-0.4, -0.2) is 51.9 Å². The molecule has 0 radical (unpaired) electrons. The highest BCUT2D eigenvalue weighted by Gasteiger charge is 2.29. The van der Waals surface area contributed by atoms with Crippen molar-refractivity contribution in [1.82, 2.24) is 14.5 Å². The van der Waals surface area contributed by atoms with Gasteiger partial charge in [0.05, 0.1) is 29.8 Å². The molecule has 2 aromatic rings. The number of likely N-dealkylation sites (tertiary alicyclic amines) is 1. The van der Waals surface area contributed by atoms with Gasteiger partial charge in [0.1, 0.15) is 0 Å². The van der Waals surface area contributed by atoms with E-state index in [1.54, 1.807) is 29.9 Å². The topological polar surface area (TPSA) is 64.4 Å². The number of hydrogen-bond donors (Lipinski definition) is 0. The SMILES string of the molecule is COCCn1c(SCC(=O)N2C(C)CCCC2C)nc2cc(Cl)ccc2c1=O. The maximum absolute atomic E-state index is 12.9. The van der Waals surface area contributed by atoms with Crippen LogP contribution in [-0.2, 0) is 16.1 Å². The summed E-state index contributed by atoms with van der Waals surface area (Å²) < 4.78 is 6.73. The molecule has 0 aliphatic carbocycles. The fourth-order valence-electron chi connectivity index (χ4n) is 3.78. The number of nitrogens with zero attached hydrogens (tertiary/aromatic N) is 3. The summed E-state index contributed by atoms with van der Waals surface area (Å²) in [7, 11) is 1.59. The zero-order chi connectivity index (χ0) is 20.3. The monoisotopic (exact) mass is 423 g/mol. The molecule has 0 saturated carbocycles. The molecule has 2 heterocycles. The van der Waals surface area contributed by atoms with Crippen LogP contribution in [0.15, 0.2) is 28.2 Å². The number of aromatic nitrogens is 2. The zero-order valence-corrected chi connectivity index (χ0v) is 18.1. The number of fused-ring (bicyclic) bond motifs is 1. The van der Waals surface area contributed by atoms with Crippen molar-refractivity contribution in [3.8, 4) is 0 Å². The Morgan fingerprint density at radius 3 is 2.71 bits per heavy atom. The lowest BCUT2D eigenvalue weighted by molar-refractivity contribution is -0.134. The van der Waals surface area contributed by atoms with E-state index in [4.69, 9.17) is 16.3 Å². The van der Waals surface area contributed by atoms with E-state index in [0.717, 1.165) is 19.3 Å². The third-order valence-electron chi connectivity index (χ3n) is 5.21. The number of carbonyl (C=O) groups is 1. The second-order valence-corrected chi connectivity index (χ2v) is 8.60. The summed E-state index contributed by atoms with van der Waals surface area (Å²) in [6.45, 7) is 4.97. The van der Waals surface area contributed by atoms with E-state index in [1.165, 1.54) is 11.8 Å². The van der Waals surface area contributed by atoms with E-state index in [9.17, 15) is 9.59 Å². The molecule has 0 bridgehead atoms. The Kier molecular flexibility index (Phi) is 7.01. The first kappa shape index (κ1) is 21.1. The molecule has 1 amide bonds. The largest absolute Gasteiger partial charge is 0.383 e. The van der Waals surface area contributed by atoms with Gasteiger partial charge in [0, 0.05) is 24.2 Å². The van der Waals surface area contributed by atoms with E-state index in [1.807, 2.05) is 4.90 Å². The molecule has 8 heteroatoms. The minimum atomic E-state index is -0.145. The van der Waals surface area contributed by atoms with Gasteiger partial charge in [-0.25, -0.2) is 4.98 Å². The molecule has 1 aliphatic rings. The van der Waals surface area contributed by atoms with Crippen molar-refractivity contribution >= 4 is 40.2 Å². The van der Waals surface area contributed by atoms with Crippen molar-refractivity contribution in [2.75, 3.05) is 19.5 Å². The number of thioether (sulfide) groups is 1. The molecular weight excluding hydrogens is 398 g/mol. The van der Waals surface area contributed by atoms with Gasteiger partial charge >= 0.3 is 0 Å². The molecule has 0 spiro atoms. The fourth-order valence-corrected chi connectivity index (χ4v) is 4.84. The third kappa shape index (κ3) is 4.53. The van der Waals surface area contributed by atoms with Gasteiger partial charge in [-0.05, 0) is 51.3 Å². The third-order valence-corrected chi connectivity index (χ3v) is 6.40. The molecule has 1 saturated heterocycles. The molecule has 1 fully saturated rings. The van der Waals surface area contributed by atoms with Gasteiger partial charge in [-0.15, -0.1) is 0 Å². The summed E-state index contributed by atoms with van der Waals surface area (Å²) in [5.74, 6) is 0.337. The van der Waals surface area contributed by atoms with Crippen LogP contribution in [0, 0.1) is 0 Å². The number of benzene rings is 1. The highest BCUT2D eigenvalue weighted by molar-refractivity contribution is 7.99. The van der Waals surface area contributed by atoms with Crippen LogP contribution in [0.3, 0.4) is 0 Å². The molecule has 3 rings (SSSR count). The fraction of sp³-hybridized carbons (Fsp3) is 0.550. The number of methoxy groups -OCH3 is 1. The predicted octanol–water partition coefficient (Wildman–Crippen LogP) is 3.58. The van der Waals surface area contributed by atoms with Gasteiger partial charge < -0.3 is 9.64 Å². The zero-order valence-electron chi connectivity index (χ0n) is 16.5. The summed E-state index contributed by atoms with van der Waals surface area (Å²) in [5, 5.41) is 1.55. The lowest BCUT2D eigenvalue weighted by Gasteiger charge is -2.39. The highest BCUT2D eigenvalue weighted by atomic mass is 35.5. The predicted molar refractivity (Wildman–Crippen MR) is 113 cm³/mol. The minimum absolute atomic E-state index is 0.0865. The molecule has 2 atom stereocenters. The van der Waals surface area contributed by atoms with E-state index in [0.29, 0.717) is 34.2 Å². The number of halogens is 1. The Labute approximate surface area is 174 Å². The van der Waals surface area contributed by atoms with Crippen LogP contribution in [0.25, 0.3) is 10.9 Å². The van der Waals surface area contributed by atoms with Crippen molar-refractivity contribution in [2.45, 2.75) is 56.9 Å². The van der Waals surface area contributed by atoms with Crippen molar-refractivity contribution < 1.29 is 9.53 Å². The molecule has 6 nitrogen and oxygen atoms in total. The van der Waals surface area contributed by atoms with Crippen molar-refractivity contribution in [3.63, 3.8) is 0 Å². The lowest BCUT2D eigenvalue weighted by atomic mass is 9.98. The number of piperidine rings is 1. The molecule has 1 aromatic heterocycles. The Balaban J connectivity index is 1.88. The number of rotatable bonds is 6. The van der Waals surface area contributed by atoms with E-state index >= 15 is 0 Å². The standard InChI is InChI=1S/C20H26ClN3O3S/c1-13-5-4-6-14(2)24(13)18(25)12-28-20-22-17-11-15(21)7-8-16(17)19(26)23(20)9-10-27-3/h7-8,11,13-14H,4-6,9-10,12H2,1-3H3. The number of hydrogen-bond acceptors (Lipinski definition) is 5. The smallest absolute Gasteiger partial charge is 0.262 e. The van der Waals surface area contributed by atoms with Crippen LogP contribution in [0.1, 0.15) is 33.1 Å². The van der Waals surface area contributed by atoms with Gasteiger partial charge in [-0.2, -0.15) is 0 Å². The van der Waals surface area contributed by atoms with E-state index in [-0.39, 0.29) is 29.3 Å². The van der Waals surface area contributed by atoms with Crippen molar-refractivity contribution in [1.29, 1.82) is 0 Å². The molecule has 2 unspecified atom stereocenters. The van der Waals surface area contributed by atoms with E-state index < -0.39 is 0 Å². The van der Waals surface area contributed by atoms with Gasteiger partial charge in [-0.3, -0.25) is 14.2 Å². The summed E-state index contributed by atoms with van der Waals surface area (Å²) in [6.07, 6.45) is 3.22. The quantitative estimate of drug-likeness (QED) is 0.525. The number of ether oxygens (including phenoxy) is 1. The highest BCUT2D eigenvalue weighted by Crippen LogP contribution is 2.25. The van der Waals surface area contributed by atoms with Gasteiger partial charge in [0.25, 0.3) is 5.56 Å². The Hall–Kier alpha value is -1.57. The second kappa shape index (κ2) is 9.29. The van der Waals surface area contributed by atoms with Crippen molar-refractivity contribution in [2.24, 2.45) is 0 Å². The first-order valence-corrected chi connectivity index (χ1v) is 10.9. The molecule has 1 aliphatic heterocycles. The normalized spacial score (nSPS) is 19.9. The Morgan fingerprint density at radius 2 is 2.04 bits per heavy atom. The lowest BCUT2D eigenvalue weighted by Crippen LogP contribution is -2.48. The molecule has 28 heavy (non-hydrogen) atoms. The van der Waals surface area contributed by atoms with Crippen LogP contribution < -0.4 is 5.56 Å². The average Bonchev–Trinajstić information content (AvgIpc) is 2.65. The number of amides is 1. The van der Waals surface area contributed by atoms with Crippen LogP contribution in [0.4, 0.5) is 0 Å². The summed E-state index contributed by atoms with van der Waals surface area (Å²) in [4.78, 5) is 32.4. The number of carbonyl (C=O) groups excluding carboxylic acids is 1. The Bertz CT molecular complexity index is 907. The Morgan fingerprint density at radius 1 is 1.32 bits per heavy atom. The molecule has 1 aromatic carbocycles. The second-order valence-electron chi connectivity index (χ2n) is 7.22. The maximum Gasteiger partial charge on any atom is 0.262 e. The molecule has 0 N–H and O–H groups in total. The molecular formula is C20H26ClN3O3S. The average molecular weight is 424 g/mol. The van der Waals surface area contributed by atoms with Gasteiger partial charge in [-0.1, -0.05) is 23.4 Å². The molecule has 152 valence electrons. The maximum atomic E-state index is 12.9. The first-order valence-electron chi connectivity index (χ1n) is 9.55. The minimum Gasteiger partial charge on any atom is -0.383 e. The first-order chi connectivity index (χ1) is 13.4. The van der Waals surface area contributed by atoms with Gasteiger partial charge in [0.15, 0.2) is 5.16 Å². The summed E-state index contributed by atoms with van der Waals surface area (Å²) in [5.41, 5.74) is 0.397. The van der Waals surface area contributed by atoms with Gasteiger partial charge in [0.2, 0.25) is 5.91 Å². The van der Waals surface area contributed by atoms with Crippen LogP contribution >= 0.6 is 23.4 Å². The van der Waals surface area contributed by atoms with E-state index in [2.05, 4.69) is 18.8 Å². The summed E-state index contributed by atoms with van der Waals surface area (Å²) in [6, 6.07) is 5.54.